The third kappa shape index (κ3) is 5.11. The van der Waals surface area contributed by atoms with Crippen molar-refractivity contribution in [1.82, 2.24) is 0 Å². The highest BCUT2D eigenvalue weighted by molar-refractivity contribution is 7.46. The number of hydrogen-bond donors (Lipinski definition) is 4. The first kappa shape index (κ1) is 33.7. The van der Waals surface area contributed by atoms with Crippen molar-refractivity contribution < 1.29 is 43.0 Å². The minimum atomic E-state index is -4.97. The fraction of sp³-hybridized carbons (Fsp3) is 0.436. The third-order valence-electron chi connectivity index (χ3n) is 12.7. The molecule has 5 aliphatic rings. The van der Waals surface area contributed by atoms with Crippen molar-refractivity contribution in [2.24, 2.45) is 28.6 Å². The second kappa shape index (κ2) is 11.8. The molecule has 3 aromatic rings. The predicted octanol–water partition coefficient (Wildman–Crippen LogP) is 5.73. The van der Waals surface area contributed by atoms with E-state index in [1.165, 1.54) is 0 Å². The van der Waals surface area contributed by atoms with E-state index in [2.05, 4.69) is 19.1 Å². The van der Waals surface area contributed by atoms with Gasteiger partial charge >= 0.3 is 7.82 Å². The van der Waals surface area contributed by atoms with Gasteiger partial charge in [0.2, 0.25) is 0 Å². The first-order valence-corrected chi connectivity index (χ1v) is 18.8. The van der Waals surface area contributed by atoms with E-state index >= 15 is 0 Å². The van der Waals surface area contributed by atoms with Gasteiger partial charge in [0.25, 0.3) is 0 Å². The number of Topliss-reactive ketones (excluding diaryl/α,β-unsaturated/α-hetero) is 1. The molecule has 3 saturated carbocycles. The Labute approximate surface area is 290 Å². The molecule has 50 heavy (non-hydrogen) atoms. The molecule has 1 heterocycles. The van der Waals surface area contributed by atoms with Crippen LogP contribution in [0, 0.1) is 28.6 Å². The lowest BCUT2D eigenvalue weighted by atomic mass is 9.46. The molecule has 262 valence electrons. The van der Waals surface area contributed by atoms with Gasteiger partial charge < -0.3 is 30.1 Å². The van der Waals surface area contributed by atoms with Crippen LogP contribution in [0.15, 0.2) is 84.5 Å². The van der Waals surface area contributed by atoms with E-state index < -0.39 is 55.1 Å². The van der Waals surface area contributed by atoms with E-state index in [4.69, 9.17) is 19.7 Å². The lowest BCUT2D eigenvalue weighted by Crippen LogP contribution is -2.63. The van der Waals surface area contributed by atoms with Crippen molar-refractivity contribution in [3.8, 4) is 0 Å². The SMILES string of the molecule is C[C@]12C=CC(=O)C=C1CC[C@H]1C3C[C@H]4O[C@@H](c5ccc(Cc6cccc7c(N)cccc67)cc5)O[C@@]4(C(=O)COP(=O)(O)O)[C@@]3(C)C[C@H](O)[C@@H]12. The number of nitrogen functional groups attached to an aromatic ring is 1. The molecule has 0 bridgehead atoms. The lowest BCUT2D eigenvalue weighted by Gasteiger charge is -2.59. The Morgan fingerprint density at radius 1 is 1.06 bits per heavy atom. The summed E-state index contributed by atoms with van der Waals surface area (Å²) < 4.78 is 29.9. The van der Waals surface area contributed by atoms with Crippen LogP contribution in [-0.4, -0.2) is 50.9 Å². The molecule has 0 amide bonds. The van der Waals surface area contributed by atoms with Crippen LogP contribution >= 0.6 is 7.82 Å². The number of ether oxygens (including phenoxy) is 2. The Kier molecular flexibility index (Phi) is 7.93. The van der Waals surface area contributed by atoms with Crippen molar-refractivity contribution in [3.63, 3.8) is 0 Å². The summed E-state index contributed by atoms with van der Waals surface area (Å²) in [4.78, 5) is 45.6. The molecular formula is C39H42NO9P. The Hall–Kier alpha value is -3.47. The number of phosphoric acid groups is 1. The van der Waals surface area contributed by atoms with Crippen molar-refractivity contribution in [3.05, 3.63) is 101 Å². The summed E-state index contributed by atoms with van der Waals surface area (Å²) in [6, 6.07) is 19.9. The molecule has 1 saturated heterocycles. The monoisotopic (exact) mass is 699 g/mol. The zero-order valence-corrected chi connectivity index (χ0v) is 28.9. The number of hydrogen-bond acceptors (Lipinski definition) is 8. The average Bonchev–Trinajstić information content (AvgIpc) is 3.57. The molecular weight excluding hydrogens is 657 g/mol. The van der Waals surface area contributed by atoms with Crippen LogP contribution < -0.4 is 5.73 Å². The van der Waals surface area contributed by atoms with Crippen molar-refractivity contribution >= 4 is 35.8 Å². The van der Waals surface area contributed by atoms with Gasteiger partial charge in [0.15, 0.2) is 23.5 Å². The number of benzene rings is 3. The summed E-state index contributed by atoms with van der Waals surface area (Å²) in [5.41, 5.74) is 7.85. The van der Waals surface area contributed by atoms with E-state index in [1.807, 2.05) is 61.5 Å². The van der Waals surface area contributed by atoms with Gasteiger partial charge in [0.1, 0.15) is 6.61 Å². The maximum absolute atomic E-state index is 14.3. The number of aliphatic hydroxyl groups is 1. The van der Waals surface area contributed by atoms with Crippen molar-refractivity contribution in [1.29, 1.82) is 0 Å². The highest BCUT2D eigenvalue weighted by Gasteiger charge is 2.76. The lowest BCUT2D eigenvalue weighted by molar-refractivity contribution is -0.200. The average molecular weight is 700 g/mol. The molecule has 9 atom stereocenters. The number of rotatable bonds is 7. The number of anilines is 1. The second-order valence-corrected chi connectivity index (χ2v) is 16.5. The number of ketones is 2. The normalized spacial score (nSPS) is 36.0. The molecule has 0 aromatic heterocycles. The van der Waals surface area contributed by atoms with Crippen LogP contribution in [0.25, 0.3) is 10.8 Å². The number of nitrogens with two attached hydrogens (primary N) is 1. The molecule has 1 aliphatic heterocycles. The Balaban J connectivity index is 1.10. The first-order valence-electron chi connectivity index (χ1n) is 17.3. The topological polar surface area (TPSA) is 166 Å². The highest BCUT2D eigenvalue weighted by Crippen LogP contribution is 2.70. The van der Waals surface area contributed by atoms with E-state index in [0.29, 0.717) is 24.8 Å². The first-order chi connectivity index (χ1) is 23.7. The fourth-order valence-electron chi connectivity index (χ4n) is 10.5. The summed E-state index contributed by atoms with van der Waals surface area (Å²) in [7, 11) is -4.97. The van der Waals surface area contributed by atoms with Crippen LogP contribution in [0.4, 0.5) is 5.69 Å². The maximum atomic E-state index is 14.3. The number of carbonyl (C=O) groups excluding carboxylic acids is 2. The molecule has 0 radical (unpaired) electrons. The van der Waals surface area contributed by atoms with Gasteiger partial charge in [-0.05, 0) is 78.7 Å². The van der Waals surface area contributed by atoms with Gasteiger partial charge in [-0.25, -0.2) is 4.57 Å². The standard InChI is InChI=1S/C39H42NO9P/c1-37-16-15-26(41)18-25(37)13-14-29-30-19-34-39(33(43)21-47-50(44,45)46,38(30,2)20-32(42)35(29)37)49-36(48-34)23-11-9-22(10-12-23)17-24-5-3-7-28-27(24)6-4-8-31(28)40/h3-12,15-16,18,29-30,32,34-36,42H,13-14,17,19-21,40H2,1-2H3,(H2,44,45,46)/t29-,30?,32-,34+,35+,36+,37-,38-,39+/m0/s1. The summed E-state index contributed by atoms with van der Waals surface area (Å²) >= 11 is 0. The van der Waals surface area contributed by atoms with Gasteiger partial charge in [0, 0.05) is 33.4 Å². The summed E-state index contributed by atoms with van der Waals surface area (Å²) in [6.07, 6.45) is 5.54. The summed E-state index contributed by atoms with van der Waals surface area (Å²) in [5, 5.41) is 14.1. The molecule has 5 N–H and O–H groups in total. The second-order valence-electron chi connectivity index (χ2n) is 15.2. The van der Waals surface area contributed by atoms with Gasteiger partial charge in [-0.2, -0.15) is 0 Å². The van der Waals surface area contributed by atoms with Crippen molar-refractivity contribution in [2.45, 2.75) is 70.1 Å². The van der Waals surface area contributed by atoms with E-state index in [9.17, 15) is 29.0 Å². The summed E-state index contributed by atoms with van der Waals surface area (Å²) in [5.74, 6) is -0.931. The smallest absolute Gasteiger partial charge is 0.398 e. The van der Waals surface area contributed by atoms with Crippen LogP contribution in [0.2, 0.25) is 0 Å². The summed E-state index contributed by atoms with van der Waals surface area (Å²) in [6.45, 7) is 3.18. The molecule has 4 aliphatic carbocycles. The van der Waals surface area contributed by atoms with E-state index in [1.54, 1.807) is 12.2 Å². The van der Waals surface area contributed by atoms with Gasteiger partial charge in [-0.3, -0.25) is 14.1 Å². The number of phosphoric ester groups is 1. The number of carbonyl (C=O) groups is 2. The molecule has 3 aromatic carbocycles. The Morgan fingerprint density at radius 3 is 2.56 bits per heavy atom. The zero-order valence-electron chi connectivity index (χ0n) is 28.0. The van der Waals surface area contributed by atoms with Gasteiger partial charge in [-0.15, -0.1) is 0 Å². The van der Waals surface area contributed by atoms with Crippen LogP contribution in [0.5, 0.6) is 0 Å². The van der Waals surface area contributed by atoms with E-state index in [-0.39, 0.29) is 30.0 Å². The predicted molar refractivity (Wildman–Crippen MR) is 185 cm³/mol. The van der Waals surface area contributed by atoms with Crippen molar-refractivity contribution in [2.75, 3.05) is 12.3 Å². The minimum absolute atomic E-state index is 0.00363. The maximum Gasteiger partial charge on any atom is 0.470 e. The largest absolute Gasteiger partial charge is 0.470 e. The number of fused-ring (bicyclic) bond motifs is 8. The van der Waals surface area contributed by atoms with E-state index in [0.717, 1.165) is 39.6 Å². The van der Waals surface area contributed by atoms with Crippen LogP contribution in [-0.2, 0) is 34.6 Å². The third-order valence-corrected chi connectivity index (χ3v) is 13.2. The molecule has 8 rings (SSSR count). The fourth-order valence-corrected chi connectivity index (χ4v) is 10.8. The molecule has 11 heteroatoms. The highest BCUT2D eigenvalue weighted by atomic mass is 31.2. The number of allylic oxidation sites excluding steroid dienone is 4. The number of aliphatic hydroxyl groups excluding tert-OH is 1. The van der Waals surface area contributed by atoms with Gasteiger partial charge in [-0.1, -0.05) is 80.1 Å². The molecule has 10 nitrogen and oxygen atoms in total. The minimum Gasteiger partial charge on any atom is -0.398 e. The molecule has 0 spiro atoms. The van der Waals surface area contributed by atoms with Gasteiger partial charge in [0.05, 0.1) is 12.2 Å². The quantitative estimate of drug-likeness (QED) is 0.177. The molecule has 1 unspecified atom stereocenters. The Morgan fingerprint density at radius 2 is 1.80 bits per heavy atom. The van der Waals surface area contributed by atoms with Crippen LogP contribution in [0.1, 0.15) is 62.5 Å². The zero-order chi connectivity index (χ0) is 35.2. The Bertz CT molecular complexity index is 2000. The van der Waals surface area contributed by atoms with Crippen LogP contribution in [0.3, 0.4) is 0 Å². The molecule has 4 fully saturated rings.